The molecule has 0 heterocycles. The monoisotopic (exact) mass is 357 g/mol. The van der Waals surface area contributed by atoms with Gasteiger partial charge in [-0.05, 0) is 31.0 Å². The summed E-state index contributed by atoms with van der Waals surface area (Å²) in [5.74, 6) is 1.24. The molecule has 0 saturated carbocycles. The van der Waals surface area contributed by atoms with Crippen LogP contribution < -0.4 is 9.47 Å². The number of hydrogen-bond donors (Lipinski definition) is 0. The Balaban J connectivity index is 3.08. The molecule has 5 heteroatoms. The third kappa shape index (κ3) is 4.37. The van der Waals surface area contributed by atoms with Gasteiger partial charge in [-0.3, -0.25) is 4.79 Å². The van der Waals surface area contributed by atoms with Crippen molar-refractivity contribution in [1.82, 2.24) is 4.90 Å². The van der Waals surface area contributed by atoms with Gasteiger partial charge in [-0.1, -0.05) is 29.8 Å². The lowest BCUT2D eigenvalue weighted by molar-refractivity contribution is 0.0682. The SMILES string of the molecule is CCC(CC)N(CCBr)C(=O)c1ccc(OC)c(OC)c1. The van der Waals surface area contributed by atoms with Crippen molar-refractivity contribution in [3.8, 4) is 11.5 Å². The van der Waals surface area contributed by atoms with Crippen molar-refractivity contribution in [2.75, 3.05) is 26.1 Å². The number of nitrogens with zero attached hydrogens (tertiary/aromatic N) is 1. The second kappa shape index (κ2) is 8.93. The fraction of sp³-hybridized carbons (Fsp3) is 0.562. The standard InChI is InChI=1S/C16H24BrNO3/c1-5-13(6-2)18(10-9-17)16(19)12-7-8-14(20-3)15(11-12)21-4/h7-8,11,13H,5-6,9-10H2,1-4H3. The summed E-state index contributed by atoms with van der Waals surface area (Å²) in [5.41, 5.74) is 0.625. The quantitative estimate of drug-likeness (QED) is 0.665. The highest BCUT2D eigenvalue weighted by Gasteiger charge is 2.22. The molecule has 0 atom stereocenters. The second-order valence-electron chi connectivity index (χ2n) is 4.73. The molecule has 0 aliphatic heterocycles. The van der Waals surface area contributed by atoms with Crippen molar-refractivity contribution in [3.05, 3.63) is 23.8 Å². The van der Waals surface area contributed by atoms with Gasteiger partial charge in [0.05, 0.1) is 14.2 Å². The van der Waals surface area contributed by atoms with E-state index >= 15 is 0 Å². The Hall–Kier alpha value is -1.23. The number of ether oxygens (including phenoxy) is 2. The van der Waals surface area contributed by atoms with Gasteiger partial charge in [-0.2, -0.15) is 0 Å². The van der Waals surface area contributed by atoms with Crippen LogP contribution in [0, 0.1) is 0 Å². The smallest absolute Gasteiger partial charge is 0.254 e. The van der Waals surface area contributed by atoms with E-state index in [1.165, 1.54) is 0 Å². The van der Waals surface area contributed by atoms with Gasteiger partial charge in [-0.15, -0.1) is 0 Å². The number of methoxy groups -OCH3 is 2. The fourth-order valence-corrected chi connectivity index (χ4v) is 2.79. The molecular weight excluding hydrogens is 334 g/mol. The lowest BCUT2D eigenvalue weighted by Crippen LogP contribution is -2.41. The molecule has 21 heavy (non-hydrogen) atoms. The molecule has 1 rings (SSSR count). The minimum Gasteiger partial charge on any atom is -0.493 e. The number of carbonyl (C=O) groups excluding carboxylic acids is 1. The maximum absolute atomic E-state index is 12.8. The number of benzene rings is 1. The van der Waals surface area contributed by atoms with E-state index in [4.69, 9.17) is 9.47 Å². The minimum atomic E-state index is 0.0316. The highest BCUT2D eigenvalue weighted by Crippen LogP contribution is 2.28. The third-order valence-electron chi connectivity index (χ3n) is 3.60. The van der Waals surface area contributed by atoms with E-state index in [0.29, 0.717) is 23.6 Å². The van der Waals surface area contributed by atoms with Crippen molar-refractivity contribution >= 4 is 21.8 Å². The molecule has 0 aliphatic carbocycles. The first-order valence-corrected chi connectivity index (χ1v) is 8.33. The summed E-state index contributed by atoms with van der Waals surface area (Å²) in [6.45, 7) is 4.91. The number of hydrogen-bond acceptors (Lipinski definition) is 3. The van der Waals surface area contributed by atoms with Crippen LogP contribution in [-0.4, -0.2) is 42.9 Å². The third-order valence-corrected chi connectivity index (χ3v) is 3.95. The van der Waals surface area contributed by atoms with Gasteiger partial charge in [-0.25, -0.2) is 0 Å². The van der Waals surface area contributed by atoms with Crippen LogP contribution in [0.3, 0.4) is 0 Å². The first-order valence-electron chi connectivity index (χ1n) is 7.21. The van der Waals surface area contributed by atoms with Crippen molar-refractivity contribution in [2.45, 2.75) is 32.7 Å². The number of carbonyl (C=O) groups is 1. The van der Waals surface area contributed by atoms with E-state index < -0.39 is 0 Å². The number of halogens is 1. The van der Waals surface area contributed by atoms with Crippen molar-refractivity contribution in [2.24, 2.45) is 0 Å². The van der Waals surface area contributed by atoms with E-state index in [9.17, 15) is 4.79 Å². The van der Waals surface area contributed by atoms with Crippen LogP contribution in [0.4, 0.5) is 0 Å². The zero-order valence-electron chi connectivity index (χ0n) is 13.2. The minimum absolute atomic E-state index is 0.0316. The molecule has 0 aliphatic rings. The Morgan fingerprint density at radius 3 is 2.29 bits per heavy atom. The molecule has 1 aromatic carbocycles. The Morgan fingerprint density at radius 1 is 1.19 bits per heavy atom. The summed E-state index contributed by atoms with van der Waals surface area (Å²) in [7, 11) is 3.16. The first kappa shape index (κ1) is 17.8. The number of alkyl halides is 1. The molecule has 0 bridgehead atoms. The molecule has 118 valence electrons. The van der Waals surface area contributed by atoms with Crippen LogP contribution in [0.5, 0.6) is 11.5 Å². The summed E-state index contributed by atoms with van der Waals surface area (Å²) in [4.78, 5) is 14.7. The fourth-order valence-electron chi connectivity index (χ4n) is 2.41. The molecule has 0 fully saturated rings. The predicted octanol–water partition coefficient (Wildman–Crippen LogP) is 3.73. The summed E-state index contributed by atoms with van der Waals surface area (Å²) in [6.07, 6.45) is 1.89. The lowest BCUT2D eigenvalue weighted by atomic mass is 10.1. The van der Waals surface area contributed by atoms with Crippen molar-refractivity contribution in [1.29, 1.82) is 0 Å². The van der Waals surface area contributed by atoms with Gasteiger partial charge in [0.15, 0.2) is 11.5 Å². The van der Waals surface area contributed by atoms with Crippen LogP contribution in [0.15, 0.2) is 18.2 Å². The molecule has 0 radical (unpaired) electrons. The average molecular weight is 358 g/mol. The van der Waals surface area contributed by atoms with Crippen molar-refractivity contribution < 1.29 is 14.3 Å². The lowest BCUT2D eigenvalue weighted by Gasteiger charge is -2.30. The van der Waals surface area contributed by atoms with Crippen molar-refractivity contribution in [3.63, 3.8) is 0 Å². The number of rotatable bonds is 8. The van der Waals surface area contributed by atoms with Gasteiger partial charge < -0.3 is 14.4 Å². The molecular formula is C16H24BrNO3. The number of amides is 1. The summed E-state index contributed by atoms with van der Waals surface area (Å²) in [5, 5.41) is 0.766. The molecule has 1 aromatic rings. The first-order chi connectivity index (χ1) is 10.1. The van der Waals surface area contributed by atoms with Gasteiger partial charge in [0, 0.05) is 23.5 Å². The molecule has 0 aromatic heterocycles. The highest BCUT2D eigenvalue weighted by molar-refractivity contribution is 9.09. The Labute approximate surface area is 135 Å². The van der Waals surface area contributed by atoms with E-state index in [2.05, 4.69) is 29.8 Å². The molecule has 0 unspecified atom stereocenters. The normalized spacial score (nSPS) is 10.6. The molecule has 0 saturated heterocycles. The predicted molar refractivity (Wildman–Crippen MR) is 88.7 cm³/mol. The summed E-state index contributed by atoms with van der Waals surface area (Å²) < 4.78 is 10.5. The zero-order chi connectivity index (χ0) is 15.8. The summed E-state index contributed by atoms with van der Waals surface area (Å²) in [6, 6.07) is 5.55. The van der Waals surface area contributed by atoms with Crippen LogP contribution in [0.1, 0.15) is 37.0 Å². The topological polar surface area (TPSA) is 38.8 Å². The summed E-state index contributed by atoms with van der Waals surface area (Å²) >= 11 is 3.43. The zero-order valence-corrected chi connectivity index (χ0v) is 14.8. The van der Waals surface area contributed by atoms with Gasteiger partial charge in [0.1, 0.15) is 0 Å². The van der Waals surface area contributed by atoms with Crippen LogP contribution in [-0.2, 0) is 0 Å². The molecule has 1 amide bonds. The van der Waals surface area contributed by atoms with Gasteiger partial charge in [0.2, 0.25) is 0 Å². The Bertz CT molecular complexity index is 461. The Morgan fingerprint density at radius 2 is 1.81 bits per heavy atom. The maximum atomic E-state index is 12.8. The van der Waals surface area contributed by atoms with E-state index in [1.807, 2.05) is 4.90 Å². The van der Waals surface area contributed by atoms with Crippen LogP contribution in [0.2, 0.25) is 0 Å². The van der Waals surface area contributed by atoms with Crippen LogP contribution >= 0.6 is 15.9 Å². The molecule has 0 N–H and O–H groups in total. The second-order valence-corrected chi connectivity index (χ2v) is 5.52. The largest absolute Gasteiger partial charge is 0.493 e. The molecule has 0 spiro atoms. The van der Waals surface area contributed by atoms with E-state index in [1.54, 1.807) is 32.4 Å². The highest BCUT2D eigenvalue weighted by atomic mass is 79.9. The average Bonchev–Trinajstić information content (AvgIpc) is 2.53. The van der Waals surface area contributed by atoms with Crippen LogP contribution in [0.25, 0.3) is 0 Å². The molecule has 4 nitrogen and oxygen atoms in total. The van der Waals surface area contributed by atoms with Gasteiger partial charge in [0.25, 0.3) is 5.91 Å². The van der Waals surface area contributed by atoms with E-state index in [0.717, 1.165) is 18.2 Å². The maximum Gasteiger partial charge on any atom is 0.254 e. The Kier molecular flexibility index (Phi) is 7.57. The van der Waals surface area contributed by atoms with E-state index in [-0.39, 0.29) is 11.9 Å². The van der Waals surface area contributed by atoms with Gasteiger partial charge >= 0.3 is 0 Å².